The van der Waals surface area contributed by atoms with Gasteiger partial charge in [0.05, 0.1) is 11.9 Å². The quantitative estimate of drug-likeness (QED) is 0.588. The van der Waals surface area contributed by atoms with E-state index in [1.54, 1.807) is 17.5 Å². The molecule has 0 saturated carbocycles. The predicted octanol–water partition coefficient (Wildman–Crippen LogP) is 3.75. The van der Waals surface area contributed by atoms with Crippen LogP contribution in [-0.2, 0) is 0 Å². The lowest BCUT2D eigenvalue weighted by Crippen LogP contribution is -1.96. The number of nitrogens with zero attached hydrogens (tertiary/aromatic N) is 3. The molecule has 0 fully saturated rings. The van der Waals surface area contributed by atoms with Gasteiger partial charge in [0, 0.05) is 22.2 Å². The van der Waals surface area contributed by atoms with Crippen molar-refractivity contribution in [1.29, 1.82) is 0 Å². The molecule has 5 heteroatoms. The van der Waals surface area contributed by atoms with Crippen LogP contribution < -0.4 is 5.43 Å². The van der Waals surface area contributed by atoms with E-state index in [1.165, 1.54) is 0 Å². The number of hydrazone groups is 1. The molecule has 0 spiro atoms. The summed E-state index contributed by atoms with van der Waals surface area (Å²) in [6, 6.07) is 8.03. The van der Waals surface area contributed by atoms with Crippen molar-refractivity contribution in [1.82, 2.24) is 9.97 Å². The van der Waals surface area contributed by atoms with Crippen LogP contribution in [0.25, 0.3) is 11.0 Å². The van der Waals surface area contributed by atoms with Gasteiger partial charge in [0.25, 0.3) is 0 Å². The Bertz CT molecular complexity index is 763. The van der Waals surface area contributed by atoms with Crippen molar-refractivity contribution >= 4 is 34.3 Å². The minimum absolute atomic E-state index is 0.740. The highest BCUT2D eigenvalue weighted by Gasteiger charge is 2.04. The maximum absolute atomic E-state index is 4.49. The summed E-state index contributed by atoms with van der Waals surface area (Å²) in [6.45, 7) is 4.04. The molecule has 0 atom stereocenters. The van der Waals surface area contributed by atoms with Gasteiger partial charge in [0.2, 0.25) is 0 Å². The molecule has 1 N–H and O–H groups in total. The fourth-order valence-electron chi connectivity index (χ4n) is 1.89. The Balaban J connectivity index is 1.93. The molecular formula is C15H14N4S. The molecule has 0 unspecified atom stereocenters. The number of anilines is 1. The summed E-state index contributed by atoms with van der Waals surface area (Å²) in [6.07, 6.45) is 3.55. The molecule has 0 aromatic carbocycles. The zero-order valence-corrected chi connectivity index (χ0v) is 12.1. The molecule has 3 heterocycles. The van der Waals surface area contributed by atoms with E-state index in [2.05, 4.69) is 26.6 Å². The highest BCUT2D eigenvalue weighted by molar-refractivity contribution is 7.11. The van der Waals surface area contributed by atoms with Crippen molar-refractivity contribution in [3.8, 4) is 0 Å². The van der Waals surface area contributed by atoms with Crippen LogP contribution in [0.15, 0.2) is 40.9 Å². The van der Waals surface area contributed by atoms with Crippen LogP contribution in [0, 0.1) is 13.8 Å². The molecule has 0 radical (unpaired) electrons. The van der Waals surface area contributed by atoms with E-state index in [0.29, 0.717) is 0 Å². The molecule has 3 aromatic heterocycles. The number of rotatable bonds is 3. The lowest BCUT2D eigenvalue weighted by atomic mass is 10.1. The monoisotopic (exact) mass is 282 g/mol. The highest BCUT2D eigenvalue weighted by Crippen LogP contribution is 2.22. The second kappa shape index (κ2) is 5.38. The Kier molecular flexibility index (Phi) is 3.43. The number of hydrogen-bond acceptors (Lipinski definition) is 5. The first-order valence-corrected chi connectivity index (χ1v) is 7.17. The first-order valence-electron chi connectivity index (χ1n) is 6.29. The van der Waals surface area contributed by atoms with Crippen LogP contribution in [-0.4, -0.2) is 16.2 Å². The van der Waals surface area contributed by atoms with Gasteiger partial charge < -0.3 is 0 Å². The van der Waals surface area contributed by atoms with Crippen molar-refractivity contribution in [2.24, 2.45) is 5.10 Å². The third-order valence-corrected chi connectivity index (χ3v) is 3.90. The van der Waals surface area contributed by atoms with Crippen molar-refractivity contribution < 1.29 is 0 Å². The molecule has 0 aliphatic heterocycles. The van der Waals surface area contributed by atoms with Gasteiger partial charge in [-0.25, -0.2) is 9.97 Å². The predicted molar refractivity (Wildman–Crippen MR) is 84.5 cm³/mol. The van der Waals surface area contributed by atoms with Gasteiger partial charge in [-0.05, 0) is 43.0 Å². The fraction of sp³-hybridized carbons (Fsp3) is 0.133. The van der Waals surface area contributed by atoms with Gasteiger partial charge in [-0.1, -0.05) is 6.07 Å². The van der Waals surface area contributed by atoms with Crippen LogP contribution in [0.5, 0.6) is 0 Å². The number of fused-ring (bicyclic) bond motifs is 1. The second-order valence-electron chi connectivity index (χ2n) is 4.51. The maximum Gasteiger partial charge on any atom is 0.161 e. The minimum atomic E-state index is 0.740. The van der Waals surface area contributed by atoms with Crippen molar-refractivity contribution in [2.75, 3.05) is 5.43 Å². The molecule has 20 heavy (non-hydrogen) atoms. The van der Waals surface area contributed by atoms with Crippen LogP contribution in [0.2, 0.25) is 0 Å². The fourth-order valence-corrected chi connectivity index (χ4v) is 2.47. The average molecular weight is 282 g/mol. The summed E-state index contributed by atoms with van der Waals surface area (Å²) in [4.78, 5) is 9.91. The van der Waals surface area contributed by atoms with Crippen LogP contribution in [0.1, 0.15) is 16.1 Å². The zero-order chi connectivity index (χ0) is 13.9. The Morgan fingerprint density at radius 2 is 2.20 bits per heavy atom. The van der Waals surface area contributed by atoms with Gasteiger partial charge in [-0.2, -0.15) is 5.10 Å². The van der Waals surface area contributed by atoms with E-state index in [4.69, 9.17) is 0 Å². The minimum Gasteiger partial charge on any atom is -0.278 e. The lowest BCUT2D eigenvalue weighted by Gasteiger charge is -2.07. The topological polar surface area (TPSA) is 50.2 Å². The van der Waals surface area contributed by atoms with Crippen molar-refractivity contribution in [3.63, 3.8) is 0 Å². The van der Waals surface area contributed by atoms with Crippen molar-refractivity contribution in [2.45, 2.75) is 13.8 Å². The molecule has 0 aliphatic carbocycles. The molecule has 4 nitrogen and oxygen atoms in total. The largest absolute Gasteiger partial charge is 0.278 e. The van der Waals surface area contributed by atoms with Crippen LogP contribution >= 0.6 is 11.3 Å². The van der Waals surface area contributed by atoms with Gasteiger partial charge in [-0.3, -0.25) is 5.43 Å². The van der Waals surface area contributed by atoms with E-state index >= 15 is 0 Å². The van der Waals surface area contributed by atoms with Gasteiger partial charge in [-0.15, -0.1) is 11.3 Å². The zero-order valence-electron chi connectivity index (χ0n) is 11.3. The van der Waals surface area contributed by atoms with Gasteiger partial charge in [0.1, 0.15) is 0 Å². The molecule has 0 saturated heterocycles. The maximum atomic E-state index is 4.49. The van der Waals surface area contributed by atoms with E-state index < -0.39 is 0 Å². The van der Waals surface area contributed by atoms with Gasteiger partial charge >= 0.3 is 0 Å². The number of nitrogens with one attached hydrogen (secondary N) is 1. The highest BCUT2D eigenvalue weighted by atomic mass is 32.1. The number of hydrogen-bond donors (Lipinski definition) is 1. The molecule has 3 rings (SSSR count). The summed E-state index contributed by atoms with van der Waals surface area (Å²) >= 11 is 1.65. The first-order chi connectivity index (χ1) is 9.74. The molecule has 100 valence electrons. The molecule has 0 bridgehead atoms. The van der Waals surface area contributed by atoms with Gasteiger partial charge in [0.15, 0.2) is 5.65 Å². The summed E-state index contributed by atoms with van der Waals surface area (Å²) in [5.74, 6) is 0. The third-order valence-electron chi connectivity index (χ3n) is 3.09. The molecule has 3 aromatic rings. The number of thiophene rings is 1. The molecule has 0 amide bonds. The van der Waals surface area contributed by atoms with Crippen molar-refractivity contribution in [3.05, 3.63) is 52.0 Å². The number of pyridine rings is 2. The first kappa shape index (κ1) is 12.7. The smallest absolute Gasteiger partial charge is 0.161 e. The summed E-state index contributed by atoms with van der Waals surface area (Å²) in [7, 11) is 0. The number of aryl methyl sites for hydroxylation is 2. The normalized spacial score (nSPS) is 11.3. The van der Waals surface area contributed by atoms with E-state index in [1.807, 2.05) is 43.6 Å². The SMILES string of the molecule is Cc1cc2c(N/N=C/c3cccs3)ccnc2nc1C. The second-order valence-corrected chi connectivity index (χ2v) is 5.49. The Hall–Kier alpha value is -2.27. The van der Waals surface area contributed by atoms with Crippen LogP contribution in [0.4, 0.5) is 5.69 Å². The number of aromatic nitrogens is 2. The Labute approximate surface area is 121 Å². The molecular weight excluding hydrogens is 268 g/mol. The molecule has 0 aliphatic rings. The summed E-state index contributed by atoms with van der Waals surface area (Å²) in [5, 5.41) is 7.28. The standard InChI is InChI=1S/C15H14N4S/c1-10-8-13-14(5-6-16-15(13)18-11(10)2)19-17-9-12-4-3-7-20-12/h3-9H,1-2H3,(H,16,18,19)/b17-9+. The summed E-state index contributed by atoms with van der Waals surface area (Å²) < 4.78 is 0. The van der Waals surface area contributed by atoms with Crippen LogP contribution in [0.3, 0.4) is 0 Å². The lowest BCUT2D eigenvalue weighted by molar-refractivity contribution is 1.16. The van der Waals surface area contributed by atoms with E-state index in [9.17, 15) is 0 Å². The third kappa shape index (κ3) is 2.53. The van der Waals surface area contributed by atoms with E-state index in [0.717, 1.165) is 32.9 Å². The average Bonchev–Trinajstić information content (AvgIpc) is 2.94. The Morgan fingerprint density at radius 1 is 1.30 bits per heavy atom. The van der Waals surface area contributed by atoms with E-state index in [-0.39, 0.29) is 0 Å². The Morgan fingerprint density at radius 3 is 3.00 bits per heavy atom. The summed E-state index contributed by atoms with van der Waals surface area (Å²) in [5.41, 5.74) is 6.88.